The van der Waals surface area contributed by atoms with E-state index in [4.69, 9.17) is 22.3 Å². The second-order valence-corrected chi connectivity index (χ2v) is 6.10. The van der Waals surface area contributed by atoms with Gasteiger partial charge in [0, 0.05) is 0 Å². The second-order valence-electron chi connectivity index (χ2n) is 6.10. The van der Waals surface area contributed by atoms with E-state index in [2.05, 4.69) is 5.32 Å². The van der Waals surface area contributed by atoms with Gasteiger partial charge >= 0.3 is 5.97 Å². The van der Waals surface area contributed by atoms with Gasteiger partial charge in [0.25, 0.3) is 0 Å². The minimum Gasteiger partial charge on any atom is -0.480 e. The van der Waals surface area contributed by atoms with E-state index in [-0.39, 0.29) is 6.42 Å². The summed E-state index contributed by atoms with van der Waals surface area (Å²) in [4.78, 5) is 57.9. The number of carboxylic acids is 1. The highest BCUT2D eigenvalue weighted by atomic mass is 16.4. The van der Waals surface area contributed by atoms with Crippen LogP contribution >= 0.6 is 0 Å². The van der Waals surface area contributed by atoms with Crippen molar-refractivity contribution in [3.8, 4) is 0 Å². The highest BCUT2D eigenvalue weighted by Gasteiger charge is 2.29. The highest BCUT2D eigenvalue weighted by molar-refractivity contribution is 5.95. The maximum Gasteiger partial charge on any atom is 0.326 e. The van der Waals surface area contributed by atoms with Crippen LogP contribution in [-0.2, 0) is 30.4 Å². The van der Waals surface area contributed by atoms with E-state index < -0.39 is 60.6 Å². The molecule has 3 atom stereocenters. The van der Waals surface area contributed by atoms with Gasteiger partial charge in [0.1, 0.15) is 12.1 Å². The summed E-state index contributed by atoms with van der Waals surface area (Å²) in [6.45, 7) is 0. The van der Waals surface area contributed by atoms with E-state index in [1.807, 2.05) is 5.32 Å². The number of rotatable bonds is 11. The third kappa shape index (κ3) is 7.83. The average molecular weight is 393 g/mol. The van der Waals surface area contributed by atoms with Crippen molar-refractivity contribution in [3.63, 3.8) is 0 Å². The van der Waals surface area contributed by atoms with Gasteiger partial charge in [-0.2, -0.15) is 0 Å². The van der Waals surface area contributed by atoms with Crippen molar-refractivity contribution in [1.29, 1.82) is 0 Å². The maximum atomic E-state index is 12.3. The van der Waals surface area contributed by atoms with E-state index in [9.17, 15) is 24.0 Å². The number of benzene rings is 1. The quantitative estimate of drug-likeness (QED) is 0.235. The molecule has 0 saturated carbocycles. The number of carbonyl (C=O) groups is 5. The predicted octanol–water partition coefficient (Wildman–Crippen LogP) is -2.64. The molecule has 4 amide bonds. The molecule has 9 N–H and O–H groups in total. The summed E-state index contributed by atoms with van der Waals surface area (Å²) >= 11 is 0. The Morgan fingerprint density at radius 2 is 1.36 bits per heavy atom. The zero-order valence-corrected chi connectivity index (χ0v) is 15.0. The monoisotopic (exact) mass is 393 g/mol. The van der Waals surface area contributed by atoms with Gasteiger partial charge in [-0.3, -0.25) is 19.2 Å². The molecule has 152 valence electrons. The summed E-state index contributed by atoms with van der Waals surface area (Å²) < 4.78 is 0. The fraction of sp³-hybridized carbons (Fsp3) is 0.353. The minimum atomic E-state index is -1.62. The first kappa shape index (κ1) is 22.6. The molecule has 0 aromatic heterocycles. The first-order chi connectivity index (χ1) is 13.1. The Hall–Kier alpha value is -3.47. The van der Waals surface area contributed by atoms with Crippen LogP contribution in [0.3, 0.4) is 0 Å². The molecule has 11 heteroatoms. The topological polar surface area (TPSA) is 208 Å². The number of carbonyl (C=O) groups excluding carboxylic acids is 4. The maximum absolute atomic E-state index is 12.3. The van der Waals surface area contributed by atoms with E-state index in [0.717, 1.165) is 5.56 Å². The molecule has 0 radical (unpaired) electrons. The van der Waals surface area contributed by atoms with Crippen LogP contribution in [0.15, 0.2) is 30.3 Å². The van der Waals surface area contributed by atoms with Crippen molar-refractivity contribution in [2.45, 2.75) is 37.4 Å². The second kappa shape index (κ2) is 10.6. The van der Waals surface area contributed by atoms with Crippen LogP contribution in [0.2, 0.25) is 0 Å². The average Bonchev–Trinajstić information content (AvgIpc) is 2.60. The molecule has 0 saturated heterocycles. The van der Waals surface area contributed by atoms with Crippen molar-refractivity contribution < 1.29 is 29.1 Å². The molecule has 0 fully saturated rings. The van der Waals surface area contributed by atoms with Gasteiger partial charge in [-0.1, -0.05) is 30.3 Å². The zero-order valence-electron chi connectivity index (χ0n) is 15.0. The van der Waals surface area contributed by atoms with Gasteiger partial charge < -0.3 is 32.9 Å². The molecular weight excluding hydrogens is 370 g/mol. The lowest BCUT2D eigenvalue weighted by Crippen LogP contribution is -2.56. The number of carboxylic acid groups (broad SMARTS) is 1. The number of nitrogens with one attached hydrogen (secondary N) is 2. The summed E-state index contributed by atoms with van der Waals surface area (Å²) in [5, 5.41) is 13.4. The summed E-state index contributed by atoms with van der Waals surface area (Å²) in [6, 6.07) is 4.78. The van der Waals surface area contributed by atoms with Crippen LogP contribution in [0.5, 0.6) is 0 Å². The summed E-state index contributed by atoms with van der Waals surface area (Å²) in [5.74, 6) is -5.09. The van der Waals surface area contributed by atoms with Crippen LogP contribution in [0, 0.1) is 0 Å². The molecule has 0 spiro atoms. The van der Waals surface area contributed by atoms with Crippen LogP contribution in [-0.4, -0.2) is 52.8 Å². The van der Waals surface area contributed by atoms with Crippen molar-refractivity contribution in [2.24, 2.45) is 17.2 Å². The first-order valence-corrected chi connectivity index (χ1v) is 8.29. The smallest absolute Gasteiger partial charge is 0.326 e. The van der Waals surface area contributed by atoms with Crippen molar-refractivity contribution in [1.82, 2.24) is 10.6 Å². The fourth-order valence-corrected chi connectivity index (χ4v) is 2.32. The number of amides is 4. The third-order valence-electron chi connectivity index (χ3n) is 3.69. The Labute approximate surface area is 160 Å². The van der Waals surface area contributed by atoms with Crippen LogP contribution in [0.4, 0.5) is 0 Å². The molecule has 0 aliphatic rings. The normalized spacial score (nSPS) is 13.6. The van der Waals surface area contributed by atoms with E-state index in [1.54, 1.807) is 30.3 Å². The minimum absolute atomic E-state index is 0.178. The SMILES string of the molecule is NC(=O)C[C@H](NC(=O)[C@H](CC(N)=O)NC(=O)[C@@H](N)Cc1ccccc1)C(=O)O. The molecule has 0 aliphatic carbocycles. The molecule has 1 aromatic carbocycles. The van der Waals surface area contributed by atoms with E-state index >= 15 is 0 Å². The first-order valence-electron chi connectivity index (χ1n) is 8.29. The van der Waals surface area contributed by atoms with Crippen LogP contribution in [0.1, 0.15) is 18.4 Å². The number of primary amides is 2. The molecule has 28 heavy (non-hydrogen) atoms. The molecule has 0 heterocycles. The Bertz CT molecular complexity index is 739. The third-order valence-corrected chi connectivity index (χ3v) is 3.69. The van der Waals surface area contributed by atoms with Gasteiger partial charge in [-0.25, -0.2) is 4.79 Å². The molecule has 0 bridgehead atoms. The Morgan fingerprint density at radius 1 is 0.857 bits per heavy atom. The zero-order chi connectivity index (χ0) is 21.3. The van der Waals surface area contributed by atoms with Gasteiger partial charge in [-0.15, -0.1) is 0 Å². The summed E-state index contributed by atoms with van der Waals surface area (Å²) in [6.07, 6.45) is -1.07. The van der Waals surface area contributed by atoms with Gasteiger partial charge in [0.15, 0.2) is 0 Å². The molecule has 0 aliphatic heterocycles. The standard InChI is InChI=1S/C17H23N5O6/c18-10(6-9-4-2-1-3-5-9)15(25)21-11(7-13(19)23)16(26)22-12(17(27)28)8-14(20)24/h1-5,10-12H,6-8,18H2,(H2,19,23)(H2,20,24)(H,21,25)(H,22,26)(H,27,28)/t10-,11-,12-/m0/s1. The molecular formula is C17H23N5O6. The Kier molecular flexibility index (Phi) is 8.56. The van der Waals surface area contributed by atoms with Crippen LogP contribution < -0.4 is 27.8 Å². The van der Waals surface area contributed by atoms with Crippen molar-refractivity contribution in [2.75, 3.05) is 0 Å². The number of hydrogen-bond acceptors (Lipinski definition) is 6. The summed E-state index contributed by atoms with van der Waals surface area (Å²) in [7, 11) is 0. The molecule has 1 rings (SSSR count). The number of hydrogen-bond donors (Lipinski definition) is 6. The van der Waals surface area contributed by atoms with Crippen molar-refractivity contribution in [3.05, 3.63) is 35.9 Å². The van der Waals surface area contributed by atoms with Crippen LogP contribution in [0.25, 0.3) is 0 Å². The lowest BCUT2D eigenvalue weighted by molar-refractivity contribution is -0.143. The lowest BCUT2D eigenvalue weighted by atomic mass is 10.0. The molecule has 1 aromatic rings. The summed E-state index contributed by atoms with van der Waals surface area (Å²) in [5.41, 5.74) is 16.6. The number of nitrogens with two attached hydrogens (primary N) is 3. The largest absolute Gasteiger partial charge is 0.480 e. The molecule has 11 nitrogen and oxygen atoms in total. The molecule has 0 unspecified atom stereocenters. The van der Waals surface area contributed by atoms with Gasteiger partial charge in [-0.05, 0) is 12.0 Å². The predicted molar refractivity (Wildman–Crippen MR) is 97.2 cm³/mol. The van der Waals surface area contributed by atoms with Gasteiger partial charge in [0.2, 0.25) is 23.6 Å². The Morgan fingerprint density at radius 3 is 1.86 bits per heavy atom. The highest BCUT2D eigenvalue weighted by Crippen LogP contribution is 2.03. The lowest BCUT2D eigenvalue weighted by Gasteiger charge is -2.21. The Balaban J connectivity index is 2.81. The van der Waals surface area contributed by atoms with Crippen molar-refractivity contribution >= 4 is 29.6 Å². The van der Waals surface area contributed by atoms with Gasteiger partial charge in [0.05, 0.1) is 18.9 Å². The number of aliphatic carboxylic acids is 1. The van der Waals surface area contributed by atoms with E-state index in [1.165, 1.54) is 0 Å². The van der Waals surface area contributed by atoms with E-state index in [0.29, 0.717) is 0 Å². The fourth-order valence-electron chi connectivity index (χ4n) is 2.32.